The average molecular weight is 293 g/mol. The zero-order chi connectivity index (χ0) is 16.0. The fraction of sp³-hybridized carbons (Fsp3) is 0.667. The van der Waals surface area contributed by atoms with Gasteiger partial charge in [0.15, 0.2) is 0 Å². The molecule has 3 heteroatoms. The van der Waals surface area contributed by atoms with Crippen LogP contribution in [0.5, 0.6) is 5.75 Å². The molecule has 21 heavy (non-hydrogen) atoms. The normalized spacial score (nSPS) is 16.0. The first kappa shape index (κ1) is 18.0. The summed E-state index contributed by atoms with van der Waals surface area (Å²) in [5, 5.41) is 13.0. The maximum Gasteiger partial charge on any atom is 0.119 e. The number of aliphatic hydroxyl groups is 1. The van der Waals surface area contributed by atoms with Crippen molar-refractivity contribution in [2.24, 2.45) is 0 Å². The quantitative estimate of drug-likeness (QED) is 0.767. The van der Waals surface area contributed by atoms with Crippen molar-refractivity contribution in [3.63, 3.8) is 0 Å². The molecule has 120 valence electrons. The van der Waals surface area contributed by atoms with Crippen LogP contribution in [-0.4, -0.2) is 29.4 Å². The number of ether oxygens (including phenoxy) is 1. The van der Waals surface area contributed by atoms with E-state index in [9.17, 15) is 5.11 Å². The van der Waals surface area contributed by atoms with E-state index >= 15 is 0 Å². The van der Waals surface area contributed by atoms with E-state index < -0.39 is 0 Å². The van der Waals surface area contributed by atoms with Crippen molar-refractivity contribution in [2.75, 3.05) is 6.61 Å². The first-order valence-corrected chi connectivity index (χ1v) is 7.91. The van der Waals surface area contributed by atoms with Crippen LogP contribution < -0.4 is 10.1 Å². The summed E-state index contributed by atoms with van der Waals surface area (Å²) in [4.78, 5) is 0. The molecule has 2 N–H and O–H groups in total. The third kappa shape index (κ3) is 6.06. The van der Waals surface area contributed by atoms with E-state index in [0.717, 1.165) is 12.2 Å². The Balaban J connectivity index is 2.61. The third-order valence-corrected chi connectivity index (χ3v) is 3.61. The SMILES string of the molecule is CC(C)NC(C)(CO)CC(C)Oc1ccc(C(C)C)cc1. The molecule has 0 fully saturated rings. The van der Waals surface area contributed by atoms with Gasteiger partial charge >= 0.3 is 0 Å². The predicted molar refractivity (Wildman–Crippen MR) is 89.0 cm³/mol. The molecular weight excluding hydrogens is 262 g/mol. The lowest BCUT2D eigenvalue weighted by atomic mass is 9.94. The van der Waals surface area contributed by atoms with Gasteiger partial charge in [-0.3, -0.25) is 0 Å². The molecule has 2 atom stereocenters. The van der Waals surface area contributed by atoms with Gasteiger partial charge in [0.2, 0.25) is 0 Å². The van der Waals surface area contributed by atoms with Gasteiger partial charge in [0.25, 0.3) is 0 Å². The van der Waals surface area contributed by atoms with Gasteiger partial charge in [-0.1, -0.05) is 39.8 Å². The van der Waals surface area contributed by atoms with E-state index in [0.29, 0.717) is 12.0 Å². The summed E-state index contributed by atoms with van der Waals surface area (Å²) < 4.78 is 5.98. The second-order valence-electron chi connectivity index (χ2n) is 6.87. The van der Waals surface area contributed by atoms with Crippen LogP contribution in [0.3, 0.4) is 0 Å². The van der Waals surface area contributed by atoms with Crippen molar-refractivity contribution in [3.8, 4) is 5.75 Å². The summed E-state index contributed by atoms with van der Waals surface area (Å²) in [5.74, 6) is 1.42. The highest BCUT2D eigenvalue weighted by Crippen LogP contribution is 2.22. The Labute approximate surface area is 129 Å². The van der Waals surface area contributed by atoms with Crippen LogP contribution in [0, 0.1) is 0 Å². The number of rotatable bonds is 8. The van der Waals surface area contributed by atoms with E-state index in [1.165, 1.54) is 5.56 Å². The van der Waals surface area contributed by atoms with Crippen LogP contribution in [0.1, 0.15) is 59.4 Å². The van der Waals surface area contributed by atoms with Crippen LogP contribution >= 0.6 is 0 Å². The molecule has 1 aromatic carbocycles. The van der Waals surface area contributed by atoms with Gasteiger partial charge in [-0.15, -0.1) is 0 Å². The summed E-state index contributed by atoms with van der Waals surface area (Å²) in [6.07, 6.45) is 0.798. The highest BCUT2D eigenvalue weighted by atomic mass is 16.5. The molecule has 0 amide bonds. The van der Waals surface area contributed by atoms with Crippen molar-refractivity contribution in [1.82, 2.24) is 5.32 Å². The number of aliphatic hydroxyl groups excluding tert-OH is 1. The standard InChI is InChI=1S/C18H31NO2/c1-13(2)16-7-9-17(10-8-16)21-15(5)11-18(6,12-20)19-14(3)4/h7-10,13-15,19-20H,11-12H2,1-6H3. The fourth-order valence-corrected chi connectivity index (χ4v) is 2.71. The van der Waals surface area contributed by atoms with Crippen molar-refractivity contribution in [2.45, 2.75) is 71.6 Å². The molecule has 1 aromatic rings. The van der Waals surface area contributed by atoms with Gasteiger partial charge in [0.1, 0.15) is 5.75 Å². The van der Waals surface area contributed by atoms with Crippen LogP contribution in [0.25, 0.3) is 0 Å². The maximum atomic E-state index is 9.63. The van der Waals surface area contributed by atoms with Gasteiger partial charge in [0, 0.05) is 18.0 Å². The van der Waals surface area contributed by atoms with Crippen LogP contribution in [-0.2, 0) is 0 Å². The Morgan fingerprint density at radius 2 is 1.67 bits per heavy atom. The van der Waals surface area contributed by atoms with E-state index in [1.54, 1.807) is 0 Å². The minimum Gasteiger partial charge on any atom is -0.491 e. The molecule has 0 saturated carbocycles. The van der Waals surface area contributed by atoms with E-state index in [-0.39, 0.29) is 18.2 Å². The van der Waals surface area contributed by atoms with E-state index in [4.69, 9.17) is 4.74 Å². The zero-order valence-electron chi connectivity index (χ0n) is 14.3. The topological polar surface area (TPSA) is 41.5 Å². The first-order valence-electron chi connectivity index (χ1n) is 7.91. The minimum atomic E-state index is -0.314. The predicted octanol–water partition coefficient (Wildman–Crippen LogP) is 3.72. The van der Waals surface area contributed by atoms with Crippen LogP contribution in [0.2, 0.25) is 0 Å². The molecular formula is C18H31NO2. The van der Waals surface area contributed by atoms with Gasteiger partial charge in [-0.05, 0) is 37.5 Å². The van der Waals surface area contributed by atoms with Crippen LogP contribution in [0.15, 0.2) is 24.3 Å². The molecule has 0 radical (unpaired) electrons. The largest absolute Gasteiger partial charge is 0.491 e. The minimum absolute atomic E-state index is 0.0401. The van der Waals surface area contributed by atoms with Crippen molar-refractivity contribution < 1.29 is 9.84 Å². The second-order valence-corrected chi connectivity index (χ2v) is 6.87. The molecule has 0 aliphatic carbocycles. The van der Waals surface area contributed by atoms with Gasteiger partial charge in [-0.25, -0.2) is 0 Å². The molecule has 0 bridgehead atoms. The molecule has 1 rings (SSSR count). The van der Waals surface area contributed by atoms with E-state index in [2.05, 4.69) is 45.1 Å². The maximum absolute atomic E-state index is 9.63. The Hall–Kier alpha value is -1.06. The highest BCUT2D eigenvalue weighted by molar-refractivity contribution is 5.29. The molecule has 0 heterocycles. The Morgan fingerprint density at radius 1 is 1.10 bits per heavy atom. The number of hydrogen-bond acceptors (Lipinski definition) is 3. The Morgan fingerprint density at radius 3 is 2.10 bits per heavy atom. The van der Waals surface area contributed by atoms with Crippen molar-refractivity contribution in [1.29, 1.82) is 0 Å². The fourth-order valence-electron chi connectivity index (χ4n) is 2.71. The summed E-state index contributed by atoms with van der Waals surface area (Å²) in [5.41, 5.74) is 1.00. The lowest BCUT2D eigenvalue weighted by molar-refractivity contribution is 0.104. The summed E-state index contributed by atoms with van der Waals surface area (Å²) >= 11 is 0. The van der Waals surface area contributed by atoms with Crippen LogP contribution in [0.4, 0.5) is 0 Å². The first-order chi connectivity index (χ1) is 9.75. The van der Waals surface area contributed by atoms with E-state index in [1.807, 2.05) is 26.0 Å². The summed E-state index contributed by atoms with van der Waals surface area (Å²) in [6, 6.07) is 8.62. The third-order valence-electron chi connectivity index (χ3n) is 3.61. The molecule has 3 nitrogen and oxygen atoms in total. The number of hydrogen-bond donors (Lipinski definition) is 2. The number of nitrogens with one attached hydrogen (secondary N) is 1. The zero-order valence-corrected chi connectivity index (χ0v) is 14.3. The second kappa shape index (κ2) is 7.81. The molecule has 0 aromatic heterocycles. The summed E-state index contributed by atoms with van der Waals surface area (Å²) in [6.45, 7) is 12.7. The lowest BCUT2D eigenvalue weighted by Crippen LogP contribution is -2.51. The van der Waals surface area contributed by atoms with Crippen molar-refractivity contribution >= 4 is 0 Å². The van der Waals surface area contributed by atoms with Gasteiger partial charge < -0.3 is 15.2 Å². The number of benzene rings is 1. The van der Waals surface area contributed by atoms with Gasteiger partial charge in [-0.2, -0.15) is 0 Å². The summed E-state index contributed by atoms with van der Waals surface area (Å²) in [7, 11) is 0. The molecule has 0 saturated heterocycles. The molecule has 2 unspecified atom stereocenters. The Kier molecular flexibility index (Phi) is 6.69. The Bertz CT molecular complexity index is 414. The monoisotopic (exact) mass is 293 g/mol. The lowest BCUT2D eigenvalue weighted by Gasteiger charge is -2.33. The van der Waals surface area contributed by atoms with Gasteiger partial charge in [0.05, 0.1) is 12.7 Å². The highest BCUT2D eigenvalue weighted by Gasteiger charge is 2.27. The molecule has 0 spiro atoms. The van der Waals surface area contributed by atoms with Crippen molar-refractivity contribution in [3.05, 3.63) is 29.8 Å². The molecule has 0 aliphatic rings. The average Bonchev–Trinajstić information content (AvgIpc) is 2.38. The molecule has 0 aliphatic heterocycles. The smallest absolute Gasteiger partial charge is 0.119 e.